The lowest BCUT2D eigenvalue weighted by atomic mass is 9.83. The monoisotopic (exact) mass is 276 g/mol. The summed E-state index contributed by atoms with van der Waals surface area (Å²) in [5, 5.41) is 3.33. The van der Waals surface area contributed by atoms with Crippen LogP contribution in [-0.4, -0.2) is 46.5 Å². The van der Waals surface area contributed by atoms with Gasteiger partial charge in [0.2, 0.25) is 10.0 Å². The molecule has 2 atom stereocenters. The zero-order valence-electron chi connectivity index (χ0n) is 11.1. The average molecular weight is 276 g/mol. The van der Waals surface area contributed by atoms with Gasteiger partial charge in [0.15, 0.2) is 0 Å². The van der Waals surface area contributed by atoms with Crippen LogP contribution in [0.1, 0.15) is 32.6 Å². The fourth-order valence-electron chi connectivity index (χ4n) is 2.63. The molecule has 0 aliphatic carbocycles. The first-order valence-corrected chi connectivity index (χ1v) is 8.44. The maximum absolute atomic E-state index is 12.0. The zero-order valence-corrected chi connectivity index (χ0v) is 11.9. The fraction of sp³-hybridized carbons (Fsp3) is 1.00. The molecular weight excluding hydrogens is 252 g/mol. The highest BCUT2D eigenvalue weighted by Gasteiger charge is 2.29. The maximum atomic E-state index is 12.0. The Kier molecular flexibility index (Phi) is 4.64. The van der Waals surface area contributed by atoms with E-state index >= 15 is 0 Å². The van der Waals surface area contributed by atoms with Crippen molar-refractivity contribution in [1.29, 1.82) is 0 Å². The van der Waals surface area contributed by atoms with Crippen LogP contribution in [0.2, 0.25) is 0 Å². The molecule has 2 rings (SSSR count). The summed E-state index contributed by atoms with van der Waals surface area (Å²) >= 11 is 0. The molecule has 2 aliphatic rings. The topological polar surface area (TPSA) is 67.4 Å². The van der Waals surface area contributed by atoms with Crippen LogP contribution in [0, 0.1) is 5.41 Å². The van der Waals surface area contributed by atoms with Crippen molar-refractivity contribution in [3.63, 3.8) is 0 Å². The van der Waals surface area contributed by atoms with Crippen LogP contribution in [0.25, 0.3) is 0 Å². The largest absolute Gasteiger partial charge is 0.377 e. The molecule has 2 aliphatic heterocycles. The molecule has 2 fully saturated rings. The molecule has 0 aromatic rings. The average Bonchev–Trinajstić information content (AvgIpc) is 2.80. The lowest BCUT2D eigenvalue weighted by Gasteiger charge is -2.34. The van der Waals surface area contributed by atoms with Crippen molar-refractivity contribution in [1.82, 2.24) is 10.0 Å². The van der Waals surface area contributed by atoms with E-state index in [0.29, 0.717) is 13.2 Å². The minimum Gasteiger partial charge on any atom is -0.377 e. The van der Waals surface area contributed by atoms with Crippen molar-refractivity contribution in [3.8, 4) is 0 Å². The van der Waals surface area contributed by atoms with Crippen molar-refractivity contribution in [2.75, 3.05) is 32.0 Å². The van der Waals surface area contributed by atoms with E-state index < -0.39 is 10.0 Å². The number of hydrogen-bond donors (Lipinski definition) is 2. The highest BCUT2D eigenvalue weighted by Crippen LogP contribution is 2.24. The third-order valence-electron chi connectivity index (χ3n) is 3.83. The summed E-state index contributed by atoms with van der Waals surface area (Å²) in [5.74, 6) is 0.108. The zero-order chi connectivity index (χ0) is 13.1. The lowest BCUT2D eigenvalue weighted by Crippen LogP contribution is -2.46. The molecule has 2 heterocycles. The Balaban J connectivity index is 1.80. The summed E-state index contributed by atoms with van der Waals surface area (Å²) in [6.45, 7) is 5.28. The Hall–Kier alpha value is -0.170. The van der Waals surface area contributed by atoms with Crippen LogP contribution >= 0.6 is 0 Å². The standard InChI is InChI=1S/C12H24N2O3S/c1-12(5-3-6-13-9-12)10-14-18(15,16)8-11-4-2-7-17-11/h11,13-14H,2-10H2,1H3. The quantitative estimate of drug-likeness (QED) is 0.766. The number of ether oxygens (including phenoxy) is 1. The van der Waals surface area contributed by atoms with Gasteiger partial charge in [-0.1, -0.05) is 6.92 Å². The van der Waals surface area contributed by atoms with Crippen LogP contribution in [0.15, 0.2) is 0 Å². The first-order valence-electron chi connectivity index (χ1n) is 6.79. The van der Waals surface area contributed by atoms with E-state index in [1.165, 1.54) is 0 Å². The molecular formula is C12H24N2O3S. The summed E-state index contributed by atoms with van der Waals surface area (Å²) in [7, 11) is -3.21. The van der Waals surface area contributed by atoms with E-state index in [0.717, 1.165) is 38.8 Å². The molecule has 0 radical (unpaired) electrons. The van der Waals surface area contributed by atoms with Crippen LogP contribution < -0.4 is 10.0 Å². The number of sulfonamides is 1. The van der Waals surface area contributed by atoms with E-state index in [1.54, 1.807) is 0 Å². The van der Waals surface area contributed by atoms with Crippen molar-refractivity contribution in [2.24, 2.45) is 5.41 Å². The second kappa shape index (κ2) is 5.86. The number of nitrogens with one attached hydrogen (secondary N) is 2. The second-order valence-corrected chi connectivity index (χ2v) is 7.68. The molecule has 0 aromatic carbocycles. The molecule has 0 bridgehead atoms. The lowest BCUT2D eigenvalue weighted by molar-refractivity contribution is 0.127. The maximum Gasteiger partial charge on any atom is 0.214 e. The van der Waals surface area contributed by atoms with Crippen molar-refractivity contribution >= 4 is 10.0 Å². The molecule has 2 unspecified atom stereocenters. The van der Waals surface area contributed by atoms with Crippen LogP contribution in [0.4, 0.5) is 0 Å². The van der Waals surface area contributed by atoms with E-state index in [4.69, 9.17) is 4.74 Å². The van der Waals surface area contributed by atoms with Gasteiger partial charge in [-0.05, 0) is 37.6 Å². The van der Waals surface area contributed by atoms with Crippen molar-refractivity contribution < 1.29 is 13.2 Å². The summed E-state index contributed by atoms with van der Waals surface area (Å²) in [6.07, 6.45) is 3.91. The summed E-state index contributed by atoms with van der Waals surface area (Å²) in [6, 6.07) is 0. The summed E-state index contributed by atoms with van der Waals surface area (Å²) in [4.78, 5) is 0. The van der Waals surface area contributed by atoms with Gasteiger partial charge in [-0.25, -0.2) is 13.1 Å². The predicted octanol–water partition coefficient (Wildman–Crippen LogP) is 0.475. The Morgan fingerprint density at radius 1 is 1.44 bits per heavy atom. The number of hydrogen-bond acceptors (Lipinski definition) is 4. The number of piperidine rings is 1. The van der Waals surface area contributed by atoms with Crippen LogP contribution in [-0.2, 0) is 14.8 Å². The summed E-state index contributed by atoms with van der Waals surface area (Å²) < 4.78 is 32.0. The first kappa shape index (κ1) is 14.2. The Labute approximate surface area is 110 Å². The van der Waals surface area contributed by atoms with Gasteiger partial charge in [-0.2, -0.15) is 0 Å². The van der Waals surface area contributed by atoms with Gasteiger partial charge in [-0.15, -0.1) is 0 Å². The van der Waals surface area contributed by atoms with Gasteiger partial charge in [0.1, 0.15) is 0 Å². The molecule has 2 saturated heterocycles. The third kappa shape index (κ3) is 4.19. The minimum absolute atomic E-state index is 0.0435. The molecule has 18 heavy (non-hydrogen) atoms. The molecule has 106 valence electrons. The summed E-state index contributed by atoms with van der Waals surface area (Å²) in [5.41, 5.74) is 0.0435. The van der Waals surface area contributed by atoms with Crippen molar-refractivity contribution in [3.05, 3.63) is 0 Å². The Morgan fingerprint density at radius 3 is 2.89 bits per heavy atom. The van der Waals surface area contributed by atoms with E-state index in [-0.39, 0.29) is 17.3 Å². The molecule has 0 aromatic heterocycles. The first-order chi connectivity index (χ1) is 8.49. The highest BCUT2D eigenvalue weighted by atomic mass is 32.2. The van der Waals surface area contributed by atoms with E-state index in [9.17, 15) is 8.42 Å². The van der Waals surface area contributed by atoms with Crippen LogP contribution in [0.5, 0.6) is 0 Å². The van der Waals surface area contributed by atoms with Gasteiger partial charge >= 0.3 is 0 Å². The van der Waals surface area contributed by atoms with E-state index in [2.05, 4.69) is 17.0 Å². The molecule has 0 amide bonds. The molecule has 0 saturated carbocycles. The Morgan fingerprint density at radius 2 is 2.28 bits per heavy atom. The van der Waals surface area contributed by atoms with Gasteiger partial charge in [0, 0.05) is 19.7 Å². The minimum atomic E-state index is -3.21. The SMILES string of the molecule is CC1(CNS(=O)(=O)CC2CCCO2)CCCNC1. The van der Waals surface area contributed by atoms with Gasteiger partial charge in [-0.3, -0.25) is 0 Å². The van der Waals surface area contributed by atoms with Crippen LogP contribution in [0.3, 0.4) is 0 Å². The van der Waals surface area contributed by atoms with Gasteiger partial charge < -0.3 is 10.1 Å². The molecule has 5 nitrogen and oxygen atoms in total. The second-order valence-electron chi connectivity index (χ2n) is 5.83. The van der Waals surface area contributed by atoms with E-state index in [1.807, 2.05) is 0 Å². The third-order valence-corrected chi connectivity index (χ3v) is 5.23. The smallest absolute Gasteiger partial charge is 0.214 e. The van der Waals surface area contributed by atoms with Crippen molar-refractivity contribution in [2.45, 2.75) is 38.7 Å². The number of rotatable bonds is 5. The molecule has 0 spiro atoms. The predicted molar refractivity (Wildman–Crippen MR) is 71.0 cm³/mol. The highest BCUT2D eigenvalue weighted by molar-refractivity contribution is 7.89. The van der Waals surface area contributed by atoms with Gasteiger partial charge in [0.25, 0.3) is 0 Å². The fourth-order valence-corrected chi connectivity index (χ4v) is 4.07. The molecule has 6 heteroatoms. The normalized spacial score (nSPS) is 33.7. The molecule has 2 N–H and O–H groups in total. The van der Waals surface area contributed by atoms with Gasteiger partial charge in [0.05, 0.1) is 11.9 Å². The Bertz CT molecular complexity index is 358.